The lowest BCUT2D eigenvalue weighted by Gasteiger charge is -2.14. The van der Waals surface area contributed by atoms with Crippen molar-refractivity contribution in [2.24, 2.45) is 5.92 Å². The van der Waals surface area contributed by atoms with Crippen molar-refractivity contribution < 1.29 is 15.0 Å². The highest BCUT2D eigenvalue weighted by Crippen LogP contribution is 2.15. The maximum absolute atomic E-state index is 10.6. The quantitative estimate of drug-likeness (QED) is 0.643. The number of aliphatic hydroxyl groups excluding tert-OH is 1. The normalized spacial score (nSPS) is 15.6. The van der Waals surface area contributed by atoms with Crippen LogP contribution in [0.25, 0.3) is 0 Å². The molecule has 0 spiro atoms. The van der Waals surface area contributed by atoms with Gasteiger partial charge < -0.3 is 10.2 Å². The predicted octanol–water partition coefficient (Wildman–Crippen LogP) is 1.65. The van der Waals surface area contributed by atoms with E-state index < -0.39 is 12.1 Å². The van der Waals surface area contributed by atoms with Crippen LogP contribution in [-0.4, -0.2) is 22.3 Å². The Labute approximate surface area is 73.4 Å². The summed E-state index contributed by atoms with van der Waals surface area (Å²) in [6.07, 6.45) is 2.07. The second-order valence-corrected chi connectivity index (χ2v) is 3.12. The molecular formula is C9H18O3. The van der Waals surface area contributed by atoms with Gasteiger partial charge in [-0.1, -0.05) is 20.3 Å². The first-order valence-electron chi connectivity index (χ1n) is 4.52. The highest BCUT2D eigenvalue weighted by Gasteiger charge is 2.19. The number of carboxylic acids is 1. The highest BCUT2D eigenvalue weighted by atomic mass is 16.4. The molecule has 0 aromatic heterocycles. The molecule has 3 heteroatoms. The van der Waals surface area contributed by atoms with Crippen molar-refractivity contribution in [2.75, 3.05) is 0 Å². The minimum atomic E-state index is -0.788. The summed E-state index contributed by atoms with van der Waals surface area (Å²) < 4.78 is 0. The smallest absolute Gasteiger partial charge is 0.306 e. The van der Waals surface area contributed by atoms with Crippen LogP contribution in [0.1, 0.15) is 39.5 Å². The van der Waals surface area contributed by atoms with E-state index in [0.717, 1.165) is 6.42 Å². The topological polar surface area (TPSA) is 57.5 Å². The Kier molecular flexibility index (Phi) is 5.72. The summed E-state index contributed by atoms with van der Waals surface area (Å²) in [4.78, 5) is 10.6. The van der Waals surface area contributed by atoms with Crippen LogP contribution in [0, 0.1) is 5.92 Å². The van der Waals surface area contributed by atoms with Crippen LogP contribution < -0.4 is 0 Å². The van der Waals surface area contributed by atoms with Crippen molar-refractivity contribution >= 4 is 5.97 Å². The van der Waals surface area contributed by atoms with Crippen molar-refractivity contribution in [3.63, 3.8) is 0 Å². The molecule has 2 unspecified atom stereocenters. The lowest BCUT2D eigenvalue weighted by atomic mass is 9.96. The molecule has 2 N–H and O–H groups in total. The first-order valence-corrected chi connectivity index (χ1v) is 4.52. The third-order valence-electron chi connectivity index (χ3n) is 2.01. The second kappa shape index (κ2) is 6.00. The monoisotopic (exact) mass is 174 g/mol. The van der Waals surface area contributed by atoms with Gasteiger partial charge in [0.05, 0.1) is 12.0 Å². The predicted molar refractivity (Wildman–Crippen MR) is 46.9 cm³/mol. The minimum Gasteiger partial charge on any atom is -0.481 e. The number of hydrogen-bond donors (Lipinski definition) is 2. The maximum Gasteiger partial charge on any atom is 0.306 e. The van der Waals surface area contributed by atoms with Crippen LogP contribution in [-0.2, 0) is 4.79 Å². The van der Waals surface area contributed by atoms with Gasteiger partial charge in [0.2, 0.25) is 0 Å². The van der Waals surface area contributed by atoms with Crippen molar-refractivity contribution in [3.05, 3.63) is 0 Å². The molecule has 0 heterocycles. The summed E-state index contributed by atoms with van der Waals surface area (Å²) in [5, 5.41) is 18.0. The molecule has 0 aromatic rings. The van der Waals surface area contributed by atoms with E-state index in [-0.39, 0.29) is 5.92 Å². The van der Waals surface area contributed by atoms with E-state index in [9.17, 15) is 9.90 Å². The molecule has 0 saturated heterocycles. The zero-order chi connectivity index (χ0) is 9.56. The summed E-state index contributed by atoms with van der Waals surface area (Å²) in [7, 11) is 0. The third kappa shape index (κ3) is 4.34. The van der Waals surface area contributed by atoms with Crippen molar-refractivity contribution in [2.45, 2.75) is 45.6 Å². The largest absolute Gasteiger partial charge is 0.481 e. The zero-order valence-electron chi connectivity index (χ0n) is 7.79. The molecule has 3 nitrogen and oxygen atoms in total. The Bertz CT molecular complexity index is 134. The van der Waals surface area contributed by atoms with E-state index in [4.69, 9.17) is 5.11 Å². The molecule has 0 saturated carbocycles. The van der Waals surface area contributed by atoms with Gasteiger partial charge in [-0.2, -0.15) is 0 Å². The Morgan fingerprint density at radius 3 is 2.33 bits per heavy atom. The number of aliphatic hydroxyl groups is 1. The number of hydrogen-bond acceptors (Lipinski definition) is 2. The van der Waals surface area contributed by atoms with Crippen LogP contribution in [0.3, 0.4) is 0 Å². The summed E-state index contributed by atoms with van der Waals surface area (Å²) >= 11 is 0. The molecule has 0 bridgehead atoms. The fourth-order valence-corrected chi connectivity index (χ4v) is 1.19. The van der Waals surface area contributed by atoms with E-state index in [2.05, 4.69) is 0 Å². The van der Waals surface area contributed by atoms with Gasteiger partial charge >= 0.3 is 5.97 Å². The first-order chi connectivity index (χ1) is 5.61. The number of carbonyl (C=O) groups is 1. The Balaban J connectivity index is 3.86. The molecule has 72 valence electrons. The average molecular weight is 174 g/mol. The van der Waals surface area contributed by atoms with Crippen molar-refractivity contribution in [3.8, 4) is 0 Å². The van der Waals surface area contributed by atoms with E-state index in [1.54, 1.807) is 0 Å². The van der Waals surface area contributed by atoms with Crippen molar-refractivity contribution in [1.82, 2.24) is 0 Å². The van der Waals surface area contributed by atoms with Gasteiger partial charge in [0.25, 0.3) is 0 Å². The molecule has 0 amide bonds. The minimum absolute atomic E-state index is 0.370. The van der Waals surface area contributed by atoms with Gasteiger partial charge in [0.15, 0.2) is 0 Å². The van der Waals surface area contributed by atoms with E-state index in [1.165, 1.54) is 0 Å². The second-order valence-electron chi connectivity index (χ2n) is 3.12. The van der Waals surface area contributed by atoms with E-state index in [0.29, 0.717) is 19.3 Å². The molecular weight excluding hydrogens is 156 g/mol. The Hall–Kier alpha value is -0.570. The van der Waals surface area contributed by atoms with Gasteiger partial charge in [-0.15, -0.1) is 0 Å². The van der Waals surface area contributed by atoms with Crippen LogP contribution in [0.15, 0.2) is 0 Å². The maximum atomic E-state index is 10.6. The van der Waals surface area contributed by atoms with Crippen LogP contribution >= 0.6 is 0 Å². The molecule has 0 rings (SSSR count). The van der Waals surface area contributed by atoms with Gasteiger partial charge in [0, 0.05) is 0 Å². The van der Waals surface area contributed by atoms with Gasteiger partial charge in [0.1, 0.15) is 0 Å². The molecule has 12 heavy (non-hydrogen) atoms. The Morgan fingerprint density at radius 2 is 2.00 bits per heavy atom. The Morgan fingerprint density at radius 1 is 1.42 bits per heavy atom. The summed E-state index contributed by atoms with van der Waals surface area (Å²) in [5.41, 5.74) is 0. The molecule has 0 aliphatic carbocycles. The first kappa shape index (κ1) is 11.4. The lowest BCUT2D eigenvalue weighted by molar-refractivity contribution is -0.143. The fourth-order valence-electron chi connectivity index (χ4n) is 1.19. The number of carboxylic acid groups (broad SMARTS) is 1. The highest BCUT2D eigenvalue weighted by molar-refractivity contribution is 5.69. The standard InChI is InChI=1S/C9H18O3/c1-3-5-7(9(11)12)6-8(10)4-2/h7-8,10H,3-6H2,1-2H3,(H,11,12). The van der Waals surface area contributed by atoms with Gasteiger partial charge in [-0.05, 0) is 19.3 Å². The SMILES string of the molecule is CCCC(CC(O)CC)C(=O)O. The molecule has 0 radical (unpaired) electrons. The summed E-state index contributed by atoms with van der Waals surface area (Å²) in [5.74, 6) is -1.16. The van der Waals surface area contributed by atoms with Crippen LogP contribution in [0.2, 0.25) is 0 Å². The molecule has 0 aliphatic rings. The molecule has 0 fully saturated rings. The average Bonchev–Trinajstić information content (AvgIpc) is 2.03. The fraction of sp³-hybridized carbons (Fsp3) is 0.889. The van der Waals surface area contributed by atoms with Crippen LogP contribution in [0.5, 0.6) is 0 Å². The van der Waals surface area contributed by atoms with Crippen molar-refractivity contribution in [1.29, 1.82) is 0 Å². The number of rotatable bonds is 6. The van der Waals surface area contributed by atoms with E-state index in [1.807, 2.05) is 13.8 Å². The summed E-state index contributed by atoms with van der Waals surface area (Å²) in [6.45, 7) is 3.81. The number of aliphatic carboxylic acids is 1. The lowest BCUT2D eigenvalue weighted by Crippen LogP contribution is -2.20. The van der Waals surface area contributed by atoms with Crippen LogP contribution in [0.4, 0.5) is 0 Å². The summed E-state index contributed by atoms with van der Waals surface area (Å²) in [6, 6.07) is 0. The molecule has 2 atom stereocenters. The molecule has 0 aromatic carbocycles. The van der Waals surface area contributed by atoms with E-state index >= 15 is 0 Å². The molecule has 0 aliphatic heterocycles. The van der Waals surface area contributed by atoms with Gasteiger partial charge in [-0.3, -0.25) is 4.79 Å². The zero-order valence-corrected chi connectivity index (χ0v) is 7.79. The third-order valence-corrected chi connectivity index (χ3v) is 2.01. The van der Waals surface area contributed by atoms with Gasteiger partial charge in [-0.25, -0.2) is 0 Å².